The molecule has 94 valence electrons. The molecule has 0 spiro atoms. The summed E-state index contributed by atoms with van der Waals surface area (Å²) in [5.74, 6) is 0.0545. The van der Waals surface area contributed by atoms with Gasteiger partial charge in [-0.3, -0.25) is 0 Å². The molecule has 0 aliphatic carbocycles. The monoisotopic (exact) mass is 313 g/mol. The van der Waals surface area contributed by atoms with E-state index in [1.165, 1.54) is 18.1 Å². The van der Waals surface area contributed by atoms with Crippen LogP contribution in [0.2, 0.25) is 0 Å². The molecule has 18 heavy (non-hydrogen) atoms. The van der Waals surface area contributed by atoms with Crippen LogP contribution in [0.15, 0.2) is 23.1 Å². The number of halogens is 1. The number of nitro groups is 1. The molecule has 0 atom stereocenters. The Kier molecular flexibility index (Phi) is 3.51. The Bertz CT molecular complexity index is 585. The molecule has 2 rings (SSSR count). The van der Waals surface area contributed by atoms with Gasteiger partial charge in [0.2, 0.25) is 12.2 Å². The second-order valence-corrected chi connectivity index (χ2v) is 4.19. The van der Waals surface area contributed by atoms with Crippen LogP contribution in [0.3, 0.4) is 0 Å². The van der Waals surface area contributed by atoms with Crippen LogP contribution in [-0.4, -0.2) is 31.8 Å². The van der Waals surface area contributed by atoms with Crippen molar-refractivity contribution >= 4 is 21.9 Å². The highest BCUT2D eigenvalue weighted by Gasteiger charge is 2.13. The number of nitrogens with zero attached hydrogens (tertiary/aromatic N) is 5. The van der Waals surface area contributed by atoms with Gasteiger partial charge in [0, 0.05) is 11.3 Å². The van der Waals surface area contributed by atoms with Gasteiger partial charge in [0.15, 0.2) is 0 Å². The standard InChI is InChI=1S/C9H8BrN5O3/c1-18-8-7(10)2-6(3-11-8)4-14-5-12-9(13-14)15(16)17/h2-3,5H,4H2,1H3. The summed E-state index contributed by atoms with van der Waals surface area (Å²) in [6.07, 6.45) is 2.91. The number of ether oxygens (including phenoxy) is 1. The molecule has 2 aromatic heterocycles. The van der Waals surface area contributed by atoms with E-state index in [4.69, 9.17) is 4.74 Å². The van der Waals surface area contributed by atoms with E-state index in [0.717, 1.165) is 5.56 Å². The van der Waals surface area contributed by atoms with Crippen LogP contribution in [0.1, 0.15) is 5.56 Å². The first-order chi connectivity index (χ1) is 8.60. The quantitative estimate of drug-likeness (QED) is 0.625. The summed E-state index contributed by atoms with van der Waals surface area (Å²) < 4.78 is 7.08. The summed E-state index contributed by atoms with van der Waals surface area (Å²) in [4.78, 5) is 17.4. The Morgan fingerprint density at radius 3 is 2.89 bits per heavy atom. The molecule has 2 heterocycles. The predicted molar refractivity (Wildman–Crippen MR) is 64.3 cm³/mol. The topological polar surface area (TPSA) is 96.0 Å². The summed E-state index contributed by atoms with van der Waals surface area (Å²) >= 11 is 3.31. The first-order valence-electron chi connectivity index (χ1n) is 4.82. The normalized spacial score (nSPS) is 10.3. The van der Waals surface area contributed by atoms with Gasteiger partial charge in [-0.2, -0.15) is 4.68 Å². The number of hydrogen-bond donors (Lipinski definition) is 0. The Morgan fingerprint density at radius 1 is 1.56 bits per heavy atom. The summed E-state index contributed by atoms with van der Waals surface area (Å²) in [6.45, 7) is 0.344. The predicted octanol–water partition coefficient (Wildman–Crippen LogP) is 1.40. The lowest BCUT2D eigenvalue weighted by molar-refractivity contribution is -0.394. The Morgan fingerprint density at radius 2 is 2.33 bits per heavy atom. The molecule has 2 aromatic rings. The second-order valence-electron chi connectivity index (χ2n) is 3.33. The second kappa shape index (κ2) is 5.08. The first kappa shape index (κ1) is 12.4. The van der Waals surface area contributed by atoms with E-state index in [9.17, 15) is 10.1 Å². The fourth-order valence-electron chi connectivity index (χ4n) is 1.33. The van der Waals surface area contributed by atoms with E-state index >= 15 is 0 Å². The minimum atomic E-state index is -0.640. The highest BCUT2D eigenvalue weighted by molar-refractivity contribution is 9.10. The van der Waals surface area contributed by atoms with Gasteiger partial charge in [-0.15, -0.1) is 0 Å². The number of aromatic nitrogens is 4. The third-order valence-corrected chi connectivity index (χ3v) is 2.66. The summed E-state index contributed by atoms with van der Waals surface area (Å²) in [5, 5.41) is 14.1. The highest BCUT2D eigenvalue weighted by Crippen LogP contribution is 2.22. The third kappa shape index (κ3) is 2.62. The van der Waals surface area contributed by atoms with Crippen molar-refractivity contribution in [3.05, 3.63) is 38.7 Å². The lowest BCUT2D eigenvalue weighted by Gasteiger charge is -2.03. The molecule has 9 heteroatoms. The van der Waals surface area contributed by atoms with Crippen molar-refractivity contribution < 1.29 is 9.66 Å². The van der Waals surface area contributed by atoms with Crippen LogP contribution in [0.4, 0.5) is 5.95 Å². The SMILES string of the molecule is COc1ncc(Cn2cnc([N+](=O)[O-])n2)cc1Br. The average Bonchev–Trinajstić information content (AvgIpc) is 2.78. The largest absolute Gasteiger partial charge is 0.490 e. The molecule has 0 aliphatic rings. The van der Waals surface area contributed by atoms with Crippen LogP contribution in [0.5, 0.6) is 5.88 Å². The molecule has 0 N–H and O–H groups in total. The summed E-state index contributed by atoms with van der Waals surface area (Å²) in [5.41, 5.74) is 0.822. The molecule has 0 aromatic carbocycles. The minimum absolute atomic E-state index is 0.344. The van der Waals surface area contributed by atoms with Crippen LogP contribution >= 0.6 is 15.9 Å². The fourth-order valence-corrected chi connectivity index (χ4v) is 1.89. The number of rotatable bonds is 4. The molecule has 0 saturated carbocycles. The van der Waals surface area contributed by atoms with E-state index in [-0.39, 0.29) is 0 Å². The number of pyridine rings is 1. The lowest BCUT2D eigenvalue weighted by Crippen LogP contribution is -2.02. The van der Waals surface area contributed by atoms with Gasteiger partial charge in [0.05, 0.1) is 18.1 Å². The van der Waals surface area contributed by atoms with Crippen molar-refractivity contribution in [3.63, 3.8) is 0 Å². The van der Waals surface area contributed by atoms with Gasteiger partial charge in [0.1, 0.15) is 0 Å². The zero-order valence-corrected chi connectivity index (χ0v) is 10.9. The van der Waals surface area contributed by atoms with Crippen LogP contribution in [0, 0.1) is 10.1 Å². The van der Waals surface area contributed by atoms with E-state index in [1.807, 2.05) is 0 Å². The Hall–Kier alpha value is -2.03. The molecule has 8 nitrogen and oxygen atoms in total. The van der Waals surface area contributed by atoms with Crippen LogP contribution in [0.25, 0.3) is 0 Å². The Balaban J connectivity index is 2.18. The molecule has 0 amide bonds. The van der Waals surface area contributed by atoms with Gasteiger partial charge in [-0.25, -0.2) is 4.98 Å². The third-order valence-electron chi connectivity index (χ3n) is 2.09. The maximum atomic E-state index is 10.4. The van der Waals surface area contributed by atoms with E-state index in [1.54, 1.807) is 12.3 Å². The maximum Gasteiger partial charge on any atom is 0.490 e. The zero-order chi connectivity index (χ0) is 13.1. The number of methoxy groups -OCH3 is 1. The Labute approximate surface area is 110 Å². The van der Waals surface area contributed by atoms with Gasteiger partial charge >= 0.3 is 5.95 Å². The molecular weight excluding hydrogens is 306 g/mol. The minimum Gasteiger partial charge on any atom is -0.480 e. The van der Waals surface area contributed by atoms with Gasteiger partial charge in [-0.1, -0.05) is 4.98 Å². The van der Waals surface area contributed by atoms with Crippen molar-refractivity contribution in [2.45, 2.75) is 6.54 Å². The molecule has 0 aliphatic heterocycles. The van der Waals surface area contributed by atoms with Crippen LogP contribution in [-0.2, 0) is 6.54 Å². The van der Waals surface area contributed by atoms with E-state index < -0.39 is 10.9 Å². The maximum absolute atomic E-state index is 10.4. The fraction of sp³-hybridized carbons (Fsp3) is 0.222. The zero-order valence-electron chi connectivity index (χ0n) is 9.28. The lowest BCUT2D eigenvalue weighted by atomic mass is 10.3. The number of hydrogen-bond acceptors (Lipinski definition) is 6. The van der Waals surface area contributed by atoms with Crippen molar-refractivity contribution in [1.29, 1.82) is 0 Å². The average molecular weight is 314 g/mol. The summed E-state index contributed by atoms with van der Waals surface area (Å²) in [6, 6.07) is 1.80. The van der Waals surface area contributed by atoms with Crippen molar-refractivity contribution in [2.24, 2.45) is 0 Å². The van der Waals surface area contributed by atoms with Gasteiger partial charge < -0.3 is 14.9 Å². The highest BCUT2D eigenvalue weighted by atomic mass is 79.9. The van der Waals surface area contributed by atoms with Crippen molar-refractivity contribution in [3.8, 4) is 5.88 Å². The van der Waals surface area contributed by atoms with Crippen molar-refractivity contribution in [1.82, 2.24) is 19.7 Å². The van der Waals surface area contributed by atoms with E-state index in [0.29, 0.717) is 16.9 Å². The molecule has 0 saturated heterocycles. The molecule has 0 unspecified atom stereocenters. The first-order valence-corrected chi connectivity index (χ1v) is 5.61. The smallest absolute Gasteiger partial charge is 0.480 e. The molecular formula is C9H8BrN5O3. The van der Waals surface area contributed by atoms with Crippen LogP contribution < -0.4 is 4.74 Å². The molecule has 0 bridgehead atoms. The van der Waals surface area contributed by atoms with Gasteiger partial charge in [-0.05, 0) is 32.5 Å². The summed E-state index contributed by atoms with van der Waals surface area (Å²) in [7, 11) is 1.52. The van der Waals surface area contributed by atoms with Crippen molar-refractivity contribution in [2.75, 3.05) is 7.11 Å². The molecule has 0 fully saturated rings. The molecule has 0 radical (unpaired) electrons. The van der Waals surface area contributed by atoms with Gasteiger partial charge in [0.25, 0.3) is 0 Å². The van der Waals surface area contributed by atoms with E-state index in [2.05, 4.69) is 31.0 Å².